The first kappa shape index (κ1) is 17.8. The fraction of sp³-hybridized carbons (Fsp3) is 0.300. The van der Waals surface area contributed by atoms with E-state index in [4.69, 9.17) is 0 Å². The molecule has 2 heterocycles. The number of pyridine rings is 1. The molecule has 0 radical (unpaired) electrons. The van der Waals surface area contributed by atoms with Gasteiger partial charge >= 0.3 is 0 Å². The SMILES string of the molecule is Cc1ccc(C)c(N2N=C(C(=O)NC(C)c3cccnc3)CCC2=O)c1. The Kier molecular flexibility index (Phi) is 5.11. The largest absolute Gasteiger partial charge is 0.344 e. The van der Waals surface area contributed by atoms with Crippen molar-refractivity contribution in [3.63, 3.8) is 0 Å². The molecule has 6 heteroatoms. The van der Waals surface area contributed by atoms with E-state index in [0.29, 0.717) is 12.1 Å². The van der Waals surface area contributed by atoms with Crippen molar-refractivity contribution in [2.45, 2.75) is 39.7 Å². The number of aryl methyl sites for hydroxylation is 2. The van der Waals surface area contributed by atoms with Gasteiger partial charge in [0.05, 0.1) is 11.7 Å². The third-order valence-corrected chi connectivity index (χ3v) is 4.42. The number of rotatable bonds is 4. The number of nitrogens with one attached hydrogen (secondary N) is 1. The lowest BCUT2D eigenvalue weighted by atomic mass is 10.1. The molecule has 134 valence electrons. The van der Waals surface area contributed by atoms with Gasteiger partial charge in [-0.05, 0) is 49.6 Å². The van der Waals surface area contributed by atoms with E-state index in [1.165, 1.54) is 5.01 Å². The second-order valence-electron chi connectivity index (χ2n) is 6.52. The normalized spacial score (nSPS) is 15.4. The Morgan fingerprint density at radius 2 is 2.04 bits per heavy atom. The molecule has 0 spiro atoms. The molecule has 1 aliphatic rings. The molecule has 3 rings (SSSR count). The Balaban J connectivity index is 1.82. The van der Waals surface area contributed by atoms with Crippen LogP contribution >= 0.6 is 0 Å². The van der Waals surface area contributed by atoms with Gasteiger partial charge in [-0.1, -0.05) is 18.2 Å². The molecule has 0 bridgehead atoms. The number of amides is 2. The van der Waals surface area contributed by atoms with Crippen molar-refractivity contribution in [1.82, 2.24) is 10.3 Å². The smallest absolute Gasteiger partial charge is 0.267 e. The van der Waals surface area contributed by atoms with Crippen molar-refractivity contribution in [3.8, 4) is 0 Å². The molecule has 1 aromatic heterocycles. The summed E-state index contributed by atoms with van der Waals surface area (Å²) in [6.45, 7) is 5.78. The summed E-state index contributed by atoms with van der Waals surface area (Å²) < 4.78 is 0. The molecular weight excluding hydrogens is 328 g/mol. The topological polar surface area (TPSA) is 74.7 Å². The zero-order chi connectivity index (χ0) is 18.7. The second-order valence-corrected chi connectivity index (χ2v) is 6.52. The number of nitrogens with zero attached hydrogens (tertiary/aromatic N) is 3. The van der Waals surface area contributed by atoms with Crippen LogP contribution in [0.3, 0.4) is 0 Å². The average molecular weight is 350 g/mol. The van der Waals surface area contributed by atoms with Crippen molar-refractivity contribution in [1.29, 1.82) is 0 Å². The lowest BCUT2D eigenvalue weighted by Crippen LogP contribution is -2.40. The van der Waals surface area contributed by atoms with E-state index >= 15 is 0 Å². The molecule has 6 nitrogen and oxygen atoms in total. The monoisotopic (exact) mass is 350 g/mol. The summed E-state index contributed by atoms with van der Waals surface area (Å²) in [4.78, 5) is 29.0. The Labute approximate surface area is 152 Å². The minimum atomic E-state index is -0.260. The van der Waals surface area contributed by atoms with Crippen molar-refractivity contribution in [3.05, 3.63) is 59.4 Å². The molecule has 0 fully saturated rings. The highest BCUT2D eigenvalue weighted by atomic mass is 16.2. The fourth-order valence-electron chi connectivity index (χ4n) is 2.85. The van der Waals surface area contributed by atoms with Gasteiger partial charge in [-0.25, -0.2) is 5.01 Å². The molecule has 26 heavy (non-hydrogen) atoms. The number of carbonyl (C=O) groups is 2. The number of carbonyl (C=O) groups excluding carboxylic acids is 2. The molecule has 1 unspecified atom stereocenters. The van der Waals surface area contributed by atoms with E-state index in [1.54, 1.807) is 12.4 Å². The minimum Gasteiger partial charge on any atom is -0.344 e. The van der Waals surface area contributed by atoms with Crippen LogP contribution in [-0.4, -0.2) is 22.5 Å². The zero-order valence-electron chi connectivity index (χ0n) is 15.2. The molecule has 2 aromatic rings. The molecule has 0 saturated carbocycles. The molecular formula is C20H22N4O2. The van der Waals surface area contributed by atoms with E-state index in [2.05, 4.69) is 15.4 Å². The summed E-state index contributed by atoms with van der Waals surface area (Å²) in [6, 6.07) is 9.40. The summed E-state index contributed by atoms with van der Waals surface area (Å²) in [5.74, 6) is -0.361. The van der Waals surface area contributed by atoms with Crippen LogP contribution in [0, 0.1) is 13.8 Å². The first-order valence-corrected chi connectivity index (χ1v) is 8.64. The van der Waals surface area contributed by atoms with Gasteiger partial charge in [-0.15, -0.1) is 0 Å². The second kappa shape index (κ2) is 7.47. The van der Waals surface area contributed by atoms with Gasteiger partial charge in [-0.2, -0.15) is 5.10 Å². The van der Waals surface area contributed by atoms with E-state index in [1.807, 2.05) is 51.1 Å². The van der Waals surface area contributed by atoms with Crippen LogP contribution in [0.5, 0.6) is 0 Å². The highest BCUT2D eigenvalue weighted by molar-refractivity contribution is 6.40. The Bertz CT molecular complexity index is 861. The lowest BCUT2D eigenvalue weighted by Gasteiger charge is -2.25. The maximum atomic E-state index is 12.6. The number of aromatic nitrogens is 1. The summed E-state index contributed by atoms with van der Waals surface area (Å²) in [7, 11) is 0. The maximum absolute atomic E-state index is 12.6. The molecule has 2 amide bonds. The minimum absolute atomic E-state index is 0.101. The summed E-state index contributed by atoms with van der Waals surface area (Å²) in [6.07, 6.45) is 4.02. The van der Waals surface area contributed by atoms with Crippen molar-refractivity contribution < 1.29 is 9.59 Å². The Hall–Kier alpha value is -3.02. The van der Waals surface area contributed by atoms with Crippen molar-refractivity contribution >= 4 is 23.2 Å². The van der Waals surface area contributed by atoms with Crippen LogP contribution in [0.1, 0.15) is 42.5 Å². The van der Waals surface area contributed by atoms with E-state index < -0.39 is 0 Å². The van der Waals surface area contributed by atoms with Crippen LogP contribution < -0.4 is 10.3 Å². The molecule has 1 N–H and O–H groups in total. The quantitative estimate of drug-likeness (QED) is 0.921. The average Bonchev–Trinajstić information content (AvgIpc) is 2.65. The molecule has 1 atom stereocenters. The third-order valence-electron chi connectivity index (χ3n) is 4.42. The molecule has 0 saturated heterocycles. The standard InChI is InChI=1S/C20H22N4O2/c1-13-6-7-14(2)18(11-13)24-19(25)9-8-17(23-24)20(26)22-15(3)16-5-4-10-21-12-16/h4-7,10-12,15H,8-9H2,1-3H3,(H,22,26). The predicted octanol–water partition coefficient (Wildman–Crippen LogP) is 3.06. The van der Waals surface area contributed by atoms with Crippen molar-refractivity contribution in [2.24, 2.45) is 5.10 Å². The van der Waals surface area contributed by atoms with Crippen LogP contribution in [-0.2, 0) is 9.59 Å². The summed E-state index contributed by atoms with van der Waals surface area (Å²) >= 11 is 0. The van der Waals surface area contributed by atoms with Gasteiger partial charge in [0.2, 0.25) is 5.91 Å². The van der Waals surface area contributed by atoms with E-state index in [-0.39, 0.29) is 24.3 Å². The summed E-state index contributed by atoms with van der Waals surface area (Å²) in [5.41, 5.74) is 3.98. The maximum Gasteiger partial charge on any atom is 0.267 e. The van der Waals surface area contributed by atoms with E-state index in [9.17, 15) is 9.59 Å². The molecule has 0 aliphatic carbocycles. The first-order valence-electron chi connectivity index (χ1n) is 8.64. The predicted molar refractivity (Wildman–Crippen MR) is 101 cm³/mol. The van der Waals surface area contributed by atoms with Crippen LogP contribution in [0.4, 0.5) is 5.69 Å². The van der Waals surface area contributed by atoms with Gasteiger partial charge < -0.3 is 5.32 Å². The number of anilines is 1. The molecule has 1 aliphatic heterocycles. The highest BCUT2D eigenvalue weighted by Gasteiger charge is 2.27. The van der Waals surface area contributed by atoms with Gasteiger partial charge in [-0.3, -0.25) is 14.6 Å². The van der Waals surface area contributed by atoms with Crippen molar-refractivity contribution in [2.75, 3.05) is 5.01 Å². The van der Waals surface area contributed by atoms with Crippen LogP contribution in [0.15, 0.2) is 47.8 Å². The van der Waals surface area contributed by atoms with Gasteiger partial charge in [0.15, 0.2) is 0 Å². The molecule has 1 aromatic carbocycles. The number of hydrazone groups is 1. The Morgan fingerprint density at radius 1 is 1.23 bits per heavy atom. The van der Waals surface area contributed by atoms with Gasteiger partial charge in [0.25, 0.3) is 5.91 Å². The highest BCUT2D eigenvalue weighted by Crippen LogP contribution is 2.25. The number of hydrogen-bond acceptors (Lipinski definition) is 4. The fourth-order valence-corrected chi connectivity index (χ4v) is 2.85. The van der Waals surface area contributed by atoms with E-state index in [0.717, 1.165) is 22.4 Å². The number of hydrogen-bond donors (Lipinski definition) is 1. The Morgan fingerprint density at radius 3 is 2.77 bits per heavy atom. The van der Waals surface area contributed by atoms with Gasteiger partial charge in [0.1, 0.15) is 5.71 Å². The first-order chi connectivity index (χ1) is 12.5. The van der Waals surface area contributed by atoms with Crippen LogP contribution in [0.25, 0.3) is 0 Å². The van der Waals surface area contributed by atoms with Gasteiger partial charge in [0, 0.05) is 25.2 Å². The number of benzene rings is 1. The summed E-state index contributed by atoms with van der Waals surface area (Å²) in [5, 5.41) is 8.64. The zero-order valence-corrected chi connectivity index (χ0v) is 15.2. The third kappa shape index (κ3) is 3.79. The lowest BCUT2D eigenvalue weighted by molar-refractivity contribution is -0.119. The van der Waals surface area contributed by atoms with Crippen LogP contribution in [0.2, 0.25) is 0 Å².